The van der Waals surface area contributed by atoms with Gasteiger partial charge in [-0.15, -0.1) is 0 Å². The molecule has 0 heterocycles. The molecule has 0 saturated heterocycles. The SMILES string of the molecule is CCC(C)CC(Nc1ccc(NC(CC(C)CC)C(C)I)cc1)C(C)I. The van der Waals surface area contributed by atoms with Crippen molar-refractivity contribution in [2.45, 2.75) is 87.2 Å². The summed E-state index contributed by atoms with van der Waals surface area (Å²) in [5.41, 5.74) is 2.46. The largest absolute Gasteiger partial charge is 0.381 e. The van der Waals surface area contributed by atoms with Crippen molar-refractivity contribution in [3.8, 4) is 0 Å². The van der Waals surface area contributed by atoms with Crippen molar-refractivity contribution in [3.05, 3.63) is 24.3 Å². The molecule has 1 aromatic carbocycles. The van der Waals surface area contributed by atoms with Crippen LogP contribution >= 0.6 is 45.2 Å². The standard InChI is InChI=1S/C22H38I2N2/c1-7-15(3)13-21(17(5)23)25-19-9-11-20(12-10-19)26-22(18(6)24)14-16(4)8-2/h9-12,15-18,21-22,25-26H,7-8,13-14H2,1-6H3. The molecule has 0 bridgehead atoms. The van der Waals surface area contributed by atoms with Crippen LogP contribution in [0.1, 0.15) is 67.2 Å². The predicted molar refractivity (Wildman–Crippen MR) is 136 cm³/mol. The van der Waals surface area contributed by atoms with Gasteiger partial charge in [0, 0.05) is 31.3 Å². The zero-order chi connectivity index (χ0) is 19.7. The molecular weight excluding hydrogens is 546 g/mol. The van der Waals surface area contributed by atoms with Gasteiger partial charge < -0.3 is 10.6 Å². The molecule has 6 atom stereocenters. The van der Waals surface area contributed by atoms with E-state index in [1.165, 1.54) is 37.1 Å². The van der Waals surface area contributed by atoms with Crippen LogP contribution in [0.2, 0.25) is 0 Å². The molecule has 0 aliphatic heterocycles. The molecule has 6 unspecified atom stereocenters. The molecule has 0 amide bonds. The van der Waals surface area contributed by atoms with Crippen LogP contribution in [0.5, 0.6) is 0 Å². The Labute approximate surface area is 189 Å². The van der Waals surface area contributed by atoms with Crippen LogP contribution in [-0.2, 0) is 0 Å². The lowest BCUT2D eigenvalue weighted by Crippen LogP contribution is -2.30. The minimum Gasteiger partial charge on any atom is -0.381 e. The number of hydrogen-bond donors (Lipinski definition) is 2. The molecule has 26 heavy (non-hydrogen) atoms. The Hall–Kier alpha value is 0.280. The van der Waals surface area contributed by atoms with Crippen molar-refractivity contribution in [3.63, 3.8) is 0 Å². The Morgan fingerprint density at radius 3 is 1.23 bits per heavy atom. The molecule has 4 heteroatoms. The molecule has 0 saturated carbocycles. The second-order valence-electron chi connectivity index (χ2n) is 7.93. The summed E-state index contributed by atoms with van der Waals surface area (Å²) in [6, 6.07) is 9.95. The normalized spacial score (nSPS) is 18.5. The first-order valence-corrected chi connectivity index (χ1v) is 12.7. The van der Waals surface area contributed by atoms with Gasteiger partial charge in [-0.25, -0.2) is 0 Å². The summed E-state index contributed by atoms with van der Waals surface area (Å²) < 4.78 is 1.22. The summed E-state index contributed by atoms with van der Waals surface area (Å²) in [6.45, 7) is 13.9. The molecule has 0 aliphatic carbocycles. The summed E-state index contributed by atoms with van der Waals surface area (Å²) in [7, 11) is 0. The van der Waals surface area contributed by atoms with Gasteiger partial charge in [0.2, 0.25) is 0 Å². The van der Waals surface area contributed by atoms with Crippen molar-refractivity contribution in [1.82, 2.24) is 0 Å². The van der Waals surface area contributed by atoms with Gasteiger partial charge in [-0.1, -0.05) is 99.6 Å². The second kappa shape index (κ2) is 12.7. The molecule has 0 fully saturated rings. The van der Waals surface area contributed by atoms with E-state index in [9.17, 15) is 0 Å². The maximum absolute atomic E-state index is 3.75. The molecule has 1 rings (SSSR count). The van der Waals surface area contributed by atoms with E-state index in [1.807, 2.05) is 0 Å². The fraction of sp³-hybridized carbons (Fsp3) is 0.727. The first kappa shape index (κ1) is 24.3. The van der Waals surface area contributed by atoms with Crippen LogP contribution in [0, 0.1) is 11.8 Å². The maximum atomic E-state index is 3.75. The van der Waals surface area contributed by atoms with E-state index in [-0.39, 0.29) is 0 Å². The Balaban J connectivity index is 2.71. The van der Waals surface area contributed by atoms with Crippen LogP contribution in [-0.4, -0.2) is 19.9 Å². The first-order chi connectivity index (χ1) is 12.3. The van der Waals surface area contributed by atoms with E-state index in [0.29, 0.717) is 19.9 Å². The van der Waals surface area contributed by atoms with E-state index in [2.05, 4.69) is 122 Å². The summed E-state index contributed by atoms with van der Waals surface area (Å²) in [5, 5.41) is 7.50. The highest BCUT2D eigenvalue weighted by Crippen LogP contribution is 2.25. The van der Waals surface area contributed by atoms with Crippen molar-refractivity contribution in [2.75, 3.05) is 10.6 Å². The number of alkyl halides is 2. The van der Waals surface area contributed by atoms with E-state index in [0.717, 1.165) is 11.8 Å². The van der Waals surface area contributed by atoms with Gasteiger partial charge in [0.25, 0.3) is 0 Å². The van der Waals surface area contributed by atoms with Crippen LogP contribution in [0.25, 0.3) is 0 Å². The third-order valence-corrected chi connectivity index (χ3v) is 7.14. The first-order valence-electron chi connectivity index (χ1n) is 10.2. The molecule has 0 spiro atoms. The minimum atomic E-state index is 0.525. The molecule has 1 aromatic rings. The van der Waals surface area contributed by atoms with Crippen LogP contribution in [0.3, 0.4) is 0 Å². The summed E-state index contributed by atoms with van der Waals surface area (Å²) in [6.07, 6.45) is 4.95. The van der Waals surface area contributed by atoms with Crippen molar-refractivity contribution >= 4 is 56.6 Å². The Morgan fingerprint density at radius 1 is 0.692 bits per heavy atom. The smallest absolute Gasteiger partial charge is 0.0378 e. The van der Waals surface area contributed by atoms with E-state index in [4.69, 9.17) is 0 Å². The molecule has 2 N–H and O–H groups in total. The fourth-order valence-corrected chi connectivity index (χ4v) is 3.96. The number of nitrogens with one attached hydrogen (secondary N) is 2. The predicted octanol–water partition coefficient (Wildman–Crippen LogP) is 7.77. The quantitative estimate of drug-likeness (QED) is 0.194. The average molecular weight is 584 g/mol. The van der Waals surface area contributed by atoms with Gasteiger partial charge in [-0.2, -0.15) is 0 Å². The van der Waals surface area contributed by atoms with Crippen LogP contribution in [0.4, 0.5) is 11.4 Å². The molecular formula is C22H38I2N2. The lowest BCUT2D eigenvalue weighted by Gasteiger charge is -2.27. The number of halogens is 2. The summed E-state index contributed by atoms with van der Waals surface area (Å²) >= 11 is 5.10. The average Bonchev–Trinajstić information content (AvgIpc) is 2.61. The fourth-order valence-electron chi connectivity index (χ4n) is 3.01. The van der Waals surface area contributed by atoms with Gasteiger partial charge in [-0.3, -0.25) is 0 Å². The Kier molecular flexibility index (Phi) is 11.9. The molecule has 0 aromatic heterocycles. The van der Waals surface area contributed by atoms with Gasteiger partial charge >= 0.3 is 0 Å². The van der Waals surface area contributed by atoms with Gasteiger partial charge in [-0.05, 0) is 48.9 Å². The zero-order valence-corrected chi connectivity index (χ0v) is 21.7. The number of hydrogen-bond acceptors (Lipinski definition) is 2. The number of rotatable bonds is 12. The van der Waals surface area contributed by atoms with Crippen LogP contribution in [0.15, 0.2) is 24.3 Å². The lowest BCUT2D eigenvalue weighted by molar-refractivity contribution is 0.470. The highest BCUT2D eigenvalue weighted by molar-refractivity contribution is 14.1. The van der Waals surface area contributed by atoms with E-state index in [1.54, 1.807) is 0 Å². The molecule has 0 radical (unpaired) electrons. The number of anilines is 2. The maximum Gasteiger partial charge on any atom is 0.0378 e. The Bertz CT molecular complexity index is 442. The third kappa shape index (κ3) is 8.98. The number of benzene rings is 1. The third-order valence-electron chi connectivity index (χ3n) is 5.40. The van der Waals surface area contributed by atoms with Crippen molar-refractivity contribution in [2.24, 2.45) is 11.8 Å². The van der Waals surface area contributed by atoms with E-state index < -0.39 is 0 Å². The molecule has 150 valence electrons. The second-order valence-corrected chi connectivity index (χ2v) is 11.9. The van der Waals surface area contributed by atoms with Crippen LogP contribution < -0.4 is 10.6 Å². The summed E-state index contributed by atoms with van der Waals surface area (Å²) in [4.78, 5) is 0. The monoisotopic (exact) mass is 584 g/mol. The zero-order valence-electron chi connectivity index (χ0n) is 17.4. The highest BCUT2D eigenvalue weighted by Gasteiger charge is 2.18. The van der Waals surface area contributed by atoms with Gasteiger partial charge in [0.15, 0.2) is 0 Å². The van der Waals surface area contributed by atoms with Gasteiger partial charge in [0.05, 0.1) is 0 Å². The summed E-state index contributed by atoms with van der Waals surface area (Å²) in [5.74, 6) is 1.52. The minimum absolute atomic E-state index is 0.525. The molecule has 0 aliphatic rings. The Morgan fingerprint density at radius 2 is 1.00 bits per heavy atom. The van der Waals surface area contributed by atoms with E-state index >= 15 is 0 Å². The van der Waals surface area contributed by atoms with Gasteiger partial charge in [0.1, 0.15) is 0 Å². The van der Waals surface area contributed by atoms with Crippen molar-refractivity contribution in [1.29, 1.82) is 0 Å². The topological polar surface area (TPSA) is 24.1 Å². The lowest BCUT2D eigenvalue weighted by atomic mass is 9.97. The highest BCUT2D eigenvalue weighted by atomic mass is 127. The molecule has 2 nitrogen and oxygen atoms in total. The van der Waals surface area contributed by atoms with Crippen molar-refractivity contribution < 1.29 is 0 Å².